The molecule has 0 bridgehead atoms. The van der Waals surface area contributed by atoms with Crippen LogP contribution >= 0.6 is 11.6 Å². The number of aryl methyl sites for hydroxylation is 2. The maximum absolute atomic E-state index is 13.3. The molecule has 3 nitrogen and oxygen atoms in total. The first kappa shape index (κ1) is 16.8. The number of carbonyl (C=O) groups is 1. The van der Waals surface area contributed by atoms with Crippen LogP contribution in [0.25, 0.3) is 0 Å². The molecule has 0 aromatic heterocycles. The molecule has 1 heterocycles. The summed E-state index contributed by atoms with van der Waals surface area (Å²) in [4.78, 5) is 13.3. The molecule has 1 amide bonds. The first-order valence-corrected chi connectivity index (χ1v) is 9.26. The molecule has 1 aromatic rings. The highest BCUT2D eigenvalue weighted by Crippen LogP contribution is 2.46. The number of likely N-dealkylation sites (tertiary alicyclic amines) is 1. The van der Waals surface area contributed by atoms with E-state index < -0.39 is 0 Å². The number of quaternary nitrogens is 1. The lowest BCUT2D eigenvalue weighted by atomic mass is 9.72. The average molecular weight is 336 g/mol. The van der Waals surface area contributed by atoms with Gasteiger partial charge in [-0.05, 0) is 50.5 Å². The van der Waals surface area contributed by atoms with E-state index in [1.807, 2.05) is 26.0 Å². The van der Waals surface area contributed by atoms with Gasteiger partial charge < -0.3 is 9.80 Å². The Bertz CT molecular complexity index is 593. The van der Waals surface area contributed by atoms with Crippen molar-refractivity contribution >= 4 is 23.2 Å². The van der Waals surface area contributed by atoms with Crippen LogP contribution in [0, 0.1) is 13.8 Å². The van der Waals surface area contributed by atoms with Gasteiger partial charge in [-0.15, -0.1) is 0 Å². The molecule has 1 N–H and O–H groups in total. The van der Waals surface area contributed by atoms with Crippen LogP contribution in [0.5, 0.6) is 0 Å². The molecule has 0 spiro atoms. The Morgan fingerprint density at radius 2 is 1.74 bits per heavy atom. The molecule has 0 unspecified atom stereocenters. The van der Waals surface area contributed by atoms with Crippen molar-refractivity contribution in [1.29, 1.82) is 0 Å². The summed E-state index contributed by atoms with van der Waals surface area (Å²) in [6.07, 6.45) is 5.73. The smallest absolute Gasteiger partial charge is 0.285 e. The molecule has 23 heavy (non-hydrogen) atoms. The number of likely N-dealkylation sites (N-methyl/N-ethyl adjacent to an activating group) is 1. The number of nitrogens with zero attached hydrogens (tertiary/aromatic N) is 1. The molecule has 2 fully saturated rings. The van der Waals surface area contributed by atoms with Crippen LogP contribution in [-0.2, 0) is 4.79 Å². The van der Waals surface area contributed by atoms with Crippen molar-refractivity contribution in [2.75, 3.05) is 25.0 Å². The number of hydrogen-bond donors (Lipinski definition) is 1. The number of amides is 1. The normalized spacial score (nSPS) is 21.7. The van der Waals surface area contributed by atoms with Crippen molar-refractivity contribution in [3.8, 4) is 0 Å². The average Bonchev–Trinajstić information content (AvgIpc) is 2.91. The second kappa shape index (κ2) is 6.10. The van der Waals surface area contributed by atoms with Gasteiger partial charge in [-0.25, -0.2) is 0 Å². The van der Waals surface area contributed by atoms with Crippen LogP contribution in [0.15, 0.2) is 12.1 Å². The monoisotopic (exact) mass is 335 g/mol. The van der Waals surface area contributed by atoms with Gasteiger partial charge in [0.15, 0.2) is 5.54 Å². The predicted molar refractivity (Wildman–Crippen MR) is 95.9 cm³/mol. The highest BCUT2D eigenvalue weighted by Gasteiger charge is 2.60. The van der Waals surface area contributed by atoms with Gasteiger partial charge in [0.05, 0.1) is 19.6 Å². The molecule has 1 saturated carbocycles. The van der Waals surface area contributed by atoms with E-state index in [4.69, 9.17) is 11.6 Å². The van der Waals surface area contributed by atoms with E-state index in [1.165, 1.54) is 19.3 Å². The minimum Gasteiger partial charge on any atom is -0.320 e. The van der Waals surface area contributed by atoms with Crippen LogP contribution in [0.3, 0.4) is 0 Å². The summed E-state index contributed by atoms with van der Waals surface area (Å²) in [5, 5.41) is 4.00. The van der Waals surface area contributed by atoms with Crippen molar-refractivity contribution in [3.63, 3.8) is 0 Å². The summed E-state index contributed by atoms with van der Waals surface area (Å²) in [6.45, 7) is 9.65. The molecule has 126 valence electrons. The van der Waals surface area contributed by atoms with Gasteiger partial charge in [0, 0.05) is 36.4 Å². The Kier molecular flexibility index (Phi) is 4.45. The first-order chi connectivity index (χ1) is 10.9. The largest absolute Gasteiger partial charge is 0.320 e. The molecule has 1 aliphatic carbocycles. The third-order valence-electron chi connectivity index (χ3n) is 6.27. The van der Waals surface area contributed by atoms with E-state index in [-0.39, 0.29) is 11.4 Å². The zero-order valence-corrected chi connectivity index (χ0v) is 15.3. The third-order valence-corrected chi connectivity index (χ3v) is 6.49. The maximum atomic E-state index is 13.3. The molecule has 0 radical (unpaired) electrons. The number of nitrogens with one attached hydrogen (secondary N) is 1. The zero-order chi connectivity index (χ0) is 16.7. The van der Waals surface area contributed by atoms with Gasteiger partial charge in [0.1, 0.15) is 0 Å². The van der Waals surface area contributed by atoms with Crippen molar-refractivity contribution in [2.24, 2.45) is 0 Å². The second-order valence-corrected chi connectivity index (χ2v) is 7.81. The fourth-order valence-electron chi connectivity index (χ4n) is 4.75. The van der Waals surface area contributed by atoms with Gasteiger partial charge in [0.25, 0.3) is 5.91 Å². The lowest BCUT2D eigenvalue weighted by Crippen LogP contribution is -2.71. The van der Waals surface area contributed by atoms with Crippen LogP contribution < -0.4 is 5.32 Å². The summed E-state index contributed by atoms with van der Waals surface area (Å²) in [6, 6.07) is 3.86. The first-order valence-electron chi connectivity index (χ1n) is 8.88. The highest BCUT2D eigenvalue weighted by molar-refractivity contribution is 6.30. The molecular weight excluding hydrogens is 308 g/mol. The minimum atomic E-state index is -0.205. The van der Waals surface area contributed by atoms with E-state index in [0.717, 1.165) is 58.8 Å². The van der Waals surface area contributed by atoms with Crippen LogP contribution in [0.2, 0.25) is 5.02 Å². The summed E-state index contributed by atoms with van der Waals surface area (Å²) in [7, 11) is 0. The van der Waals surface area contributed by atoms with Gasteiger partial charge in [-0.2, -0.15) is 0 Å². The van der Waals surface area contributed by atoms with E-state index in [9.17, 15) is 4.79 Å². The Morgan fingerprint density at radius 3 is 2.17 bits per heavy atom. The zero-order valence-electron chi connectivity index (χ0n) is 14.5. The van der Waals surface area contributed by atoms with E-state index >= 15 is 0 Å². The molecule has 1 aliphatic heterocycles. The topological polar surface area (TPSA) is 29.1 Å². The van der Waals surface area contributed by atoms with Gasteiger partial charge in [-0.3, -0.25) is 4.79 Å². The van der Waals surface area contributed by atoms with Crippen molar-refractivity contribution in [2.45, 2.75) is 58.4 Å². The maximum Gasteiger partial charge on any atom is 0.285 e. The number of halogens is 1. The molecule has 2 aliphatic rings. The number of rotatable bonds is 4. The highest BCUT2D eigenvalue weighted by atomic mass is 35.5. The molecule has 3 rings (SSSR count). The van der Waals surface area contributed by atoms with E-state index in [2.05, 4.69) is 12.2 Å². The molecule has 4 heteroatoms. The van der Waals surface area contributed by atoms with Crippen molar-refractivity contribution in [1.82, 2.24) is 0 Å². The lowest BCUT2D eigenvalue weighted by Gasteiger charge is -2.54. The molecule has 1 aromatic carbocycles. The lowest BCUT2D eigenvalue weighted by molar-refractivity contribution is -0.960. The number of anilines is 1. The van der Waals surface area contributed by atoms with Crippen LogP contribution in [-0.4, -0.2) is 35.6 Å². The van der Waals surface area contributed by atoms with E-state index in [0.29, 0.717) is 0 Å². The summed E-state index contributed by atoms with van der Waals surface area (Å²) < 4.78 is 0.991. The third kappa shape index (κ3) is 2.58. The van der Waals surface area contributed by atoms with Crippen molar-refractivity contribution in [3.05, 3.63) is 28.3 Å². The summed E-state index contributed by atoms with van der Waals surface area (Å²) in [5.74, 6) is 0.223. The predicted octanol–water partition coefficient (Wildman–Crippen LogP) is 4.45. The summed E-state index contributed by atoms with van der Waals surface area (Å²) >= 11 is 6.12. The van der Waals surface area contributed by atoms with Crippen LogP contribution in [0.4, 0.5) is 5.69 Å². The van der Waals surface area contributed by atoms with Crippen molar-refractivity contribution < 1.29 is 9.28 Å². The standard InChI is InChI=1S/C19H27ClN2O/c1-4-22(10-5-6-11-22)19(8-7-9-19)18(23)21-17-14(2)12-16(20)13-15(17)3/h12-13H,4-11H2,1-3H3/p+1. The molecule has 0 atom stereocenters. The number of hydrogen-bond acceptors (Lipinski definition) is 1. The van der Waals surface area contributed by atoms with Gasteiger partial charge in [0.2, 0.25) is 0 Å². The molecular formula is C19H28ClN2O+. The molecule has 1 saturated heterocycles. The fourth-order valence-corrected chi connectivity index (χ4v) is 5.08. The van der Waals surface area contributed by atoms with Gasteiger partial charge >= 0.3 is 0 Å². The Balaban J connectivity index is 1.90. The summed E-state index contributed by atoms with van der Waals surface area (Å²) in [5.41, 5.74) is 2.83. The van der Waals surface area contributed by atoms with Crippen LogP contribution in [0.1, 0.15) is 50.2 Å². The Labute approximate surface area is 144 Å². The second-order valence-electron chi connectivity index (χ2n) is 7.37. The number of carbonyl (C=O) groups excluding carboxylic acids is 1. The number of benzene rings is 1. The SMILES string of the molecule is CC[N+]1(C2(C(=O)Nc3c(C)cc(Cl)cc3C)CCC2)CCCC1. The quantitative estimate of drug-likeness (QED) is 0.809. The Morgan fingerprint density at radius 1 is 1.17 bits per heavy atom. The minimum absolute atomic E-state index is 0.205. The Hall–Kier alpha value is -1.06. The fraction of sp³-hybridized carbons (Fsp3) is 0.632. The van der Waals surface area contributed by atoms with Gasteiger partial charge in [-0.1, -0.05) is 11.6 Å². The van der Waals surface area contributed by atoms with E-state index in [1.54, 1.807) is 0 Å².